The first kappa shape index (κ1) is 40.3. The van der Waals surface area contributed by atoms with Crippen molar-refractivity contribution < 1.29 is 28.6 Å². The molecule has 5 aromatic rings. The van der Waals surface area contributed by atoms with Crippen LogP contribution in [0.5, 0.6) is 5.75 Å². The third kappa shape index (κ3) is 8.09. The summed E-state index contributed by atoms with van der Waals surface area (Å²) in [5.74, 6) is 0.0515. The highest BCUT2D eigenvalue weighted by molar-refractivity contribution is 6.06. The summed E-state index contributed by atoms with van der Waals surface area (Å²) in [6.07, 6.45) is 5.99. The Labute approximate surface area is 353 Å². The van der Waals surface area contributed by atoms with Crippen molar-refractivity contribution in [2.45, 2.75) is 63.8 Å². The van der Waals surface area contributed by atoms with Crippen LogP contribution in [0.25, 0.3) is 22.3 Å². The van der Waals surface area contributed by atoms with Gasteiger partial charge in [0.2, 0.25) is 5.91 Å². The van der Waals surface area contributed by atoms with E-state index in [2.05, 4.69) is 29.9 Å². The van der Waals surface area contributed by atoms with Gasteiger partial charge in [0.25, 0.3) is 5.91 Å². The Bertz CT molecular complexity index is 2500. The molecule has 4 amide bonds. The van der Waals surface area contributed by atoms with E-state index in [0.29, 0.717) is 79.9 Å². The van der Waals surface area contributed by atoms with Crippen LogP contribution in [0.4, 0.5) is 26.4 Å². The molecule has 7 heterocycles. The standard InChI is InChI=1S/C45H51FN10O5/c1-28-22-35(29(2)21-34(28)39-26-54(19-20-61-39)37-24-36(50-51-41(37)47)33-5-3-4-6-38(33)57)43(59)53-17-11-45(46,12-18-53)27-52-13-8-31(9-14-52)55-15-7-30-23-32(25-48-42(30)55)56-16-10-40(58)49-44(56)60/h3-7,15,21-25,31,39,57H,8-14,16-20,26-27H2,1-2H3,(H2,47,51)(H,49,58,60)/t39-/m0/s1. The molecule has 2 aromatic carbocycles. The van der Waals surface area contributed by atoms with E-state index in [-0.39, 0.29) is 49.0 Å². The number of alkyl halides is 1. The number of nitrogen functional groups attached to an aromatic ring is 1. The van der Waals surface area contributed by atoms with Crippen LogP contribution in [0.3, 0.4) is 0 Å². The number of phenols is 1. The number of nitrogens with one attached hydrogen (secondary N) is 1. The molecule has 4 aliphatic rings. The Hall–Kier alpha value is -6.13. The molecule has 15 nitrogen and oxygen atoms in total. The summed E-state index contributed by atoms with van der Waals surface area (Å²) < 4.78 is 24.9. The molecule has 0 saturated carbocycles. The van der Waals surface area contributed by atoms with Crippen LogP contribution in [0, 0.1) is 13.8 Å². The van der Waals surface area contributed by atoms with Crippen molar-refractivity contribution in [1.29, 1.82) is 0 Å². The number of morpholine rings is 1. The van der Waals surface area contributed by atoms with Crippen LogP contribution < -0.4 is 20.9 Å². The van der Waals surface area contributed by atoms with E-state index in [1.807, 2.05) is 56.4 Å². The first-order valence-corrected chi connectivity index (χ1v) is 21.1. The minimum atomic E-state index is -1.37. The molecular formula is C45H51FN10O5. The zero-order valence-corrected chi connectivity index (χ0v) is 34.5. The molecule has 4 saturated heterocycles. The Morgan fingerprint density at radius 1 is 0.984 bits per heavy atom. The summed E-state index contributed by atoms with van der Waals surface area (Å²) in [6, 6.07) is 16.5. The highest BCUT2D eigenvalue weighted by Crippen LogP contribution is 2.37. The predicted molar refractivity (Wildman–Crippen MR) is 229 cm³/mol. The maximum absolute atomic E-state index is 16.4. The number of urea groups is 1. The smallest absolute Gasteiger partial charge is 0.328 e. The van der Waals surface area contributed by atoms with Crippen LogP contribution >= 0.6 is 0 Å². The molecule has 4 N–H and O–H groups in total. The molecule has 9 rings (SSSR count). The number of aromatic hydroxyl groups is 1. The molecule has 16 heteroatoms. The topological polar surface area (TPSA) is 175 Å². The molecule has 0 spiro atoms. The van der Waals surface area contributed by atoms with Gasteiger partial charge in [-0.3, -0.25) is 19.8 Å². The lowest BCUT2D eigenvalue weighted by molar-refractivity contribution is -0.120. The van der Waals surface area contributed by atoms with E-state index in [0.717, 1.165) is 53.7 Å². The molecule has 0 unspecified atom stereocenters. The van der Waals surface area contributed by atoms with E-state index in [1.165, 1.54) is 4.90 Å². The van der Waals surface area contributed by atoms with Crippen LogP contribution in [0.2, 0.25) is 0 Å². The second-order valence-corrected chi connectivity index (χ2v) is 16.9. The second kappa shape index (κ2) is 16.4. The Kier molecular flexibility index (Phi) is 10.8. The Morgan fingerprint density at radius 2 is 1.77 bits per heavy atom. The average Bonchev–Trinajstić information content (AvgIpc) is 3.68. The van der Waals surface area contributed by atoms with Gasteiger partial charge in [0.15, 0.2) is 5.82 Å². The molecule has 0 aliphatic carbocycles. The normalized spacial score (nSPS) is 20.3. The third-order valence-electron chi connectivity index (χ3n) is 12.9. The number of fused-ring (bicyclic) bond motifs is 1. The van der Waals surface area contributed by atoms with Crippen molar-refractivity contribution in [2.24, 2.45) is 0 Å². The molecule has 318 valence electrons. The van der Waals surface area contributed by atoms with E-state index >= 15 is 4.39 Å². The zero-order chi connectivity index (χ0) is 42.4. The van der Waals surface area contributed by atoms with Gasteiger partial charge < -0.3 is 34.8 Å². The summed E-state index contributed by atoms with van der Waals surface area (Å²) in [5, 5.41) is 22.1. The number of hydrogen-bond acceptors (Lipinski definition) is 11. The molecule has 0 bridgehead atoms. The summed E-state index contributed by atoms with van der Waals surface area (Å²) in [4.78, 5) is 50.3. The number of likely N-dealkylation sites (tertiary alicyclic amines) is 2. The summed E-state index contributed by atoms with van der Waals surface area (Å²) in [5.41, 5.74) is 11.6. The van der Waals surface area contributed by atoms with Crippen LogP contribution in [-0.4, -0.2) is 117 Å². The van der Waals surface area contributed by atoms with Crippen LogP contribution in [0.15, 0.2) is 67.0 Å². The van der Waals surface area contributed by atoms with Gasteiger partial charge in [-0.1, -0.05) is 18.2 Å². The summed E-state index contributed by atoms with van der Waals surface area (Å²) in [6.45, 7) is 8.42. The number of carbonyl (C=O) groups excluding carboxylic acids is 3. The molecule has 1 atom stereocenters. The maximum Gasteiger partial charge on any atom is 0.328 e. The highest BCUT2D eigenvalue weighted by Gasteiger charge is 2.39. The number of ether oxygens (including phenoxy) is 1. The number of nitrogens with two attached hydrogens (primary N) is 1. The van der Waals surface area contributed by atoms with Gasteiger partial charge in [0.1, 0.15) is 23.2 Å². The zero-order valence-electron chi connectivity index (χ0n) is 34.5. The molecule has 4 fully saturated rings. The van der Waals surface area contributed by atoms with Gasteiger partial charge in [-0.25, -0.2) is 14.2 Å². The van der Waals surface area contributed by atoms with Crippen molar-refractivity contribution >= 4 is 46.1 Å². The van der Waals surface area contributed by atoms with E-state index in [4.69, 9.17) is 15.5 Å². The number of carbonyl (C=O) groups is 3. The average molecular weight is 831 g/mol. The fraction of sp³-hybridized carbons (Fsp3) is 0.422. The van der Waals surface area contributed by atoms with Crippen molar-refractivity contribution in [3.8, 4) is 17.0 Å². The number of phenolic OH excluding ortho intramolecular Hbond substituents is 1. The monoisotopic (exact) mass is 830 g/mol. The van der Waals surface area contributed by atoms with Gasteiger partial charge >= 0.3 is 6.03 Å². The lowest BCUT2D eigenvalue weighted by Gasteiger charge is -2.41. The SMILES string of the molecule is Cc1cc([C@@H]2CN(c3cc(-c4ccccc4O)nnc3N)CCO2)c(C)cc1C(=O)N1CCC(F)(CN2CCC(n3ccc4cc(N5CCC(=O)NC5=O)cnc43)CC2)CC1. The summed E-state index contributed by atoms with van der Waals surface area (Å²) in [7, 11) is 0. The number of anilines is 3. The third-order valence-corrected chi connectivity index (χ3v) is 12.9. The fourth-order valence-corrected chi connectivity index (χ4v) is 9.42. The Balaban J connectivity index is 0.789. The highest BCUT2D eigenvalue weighted by atomic mass is 19.1. The number of halogens is 1. The number of imide groups is 1. The first-order chi connectivity index (χ1) is 29.4. The maximum atomic E-state index is 16.4. The number of aromatic nitrogens is 4. The number of amides is 4. The fourth-order valence-electron chi connectivity index (χ4n) is 9.42. The number of nitrogens with zero attached hydrogens (tertiary/aromatic N) is 8. The number of aryl methyl sites for hydroxylation is 2. The van der Waals surface area contributed by atoms with Gasteiger partial charge in [-0.15, -0.1) is 10.2 Å². The first-order valence-electron chi connectivity index (χ1n) is 21.1. The molecular weight excluding hydrogens is 780 g/mol. The van der Waals surface area contributed by atoms with Crippen molar-refractivity contribution in [1.82, 2.24) is 34.9 Å². The van der Waals surface area contributed by atoms with E-state index in [1.54, 1.807) is 29.3 Å². The number of piperidine rings is 2. The van der Waals surface area contributed by atoms with Crippen LogP contribution in [-0.2, 0) is 9.53 Å². The number of rotatable bonds is 8. The lowest BCUT2D eigenvalue weighted by atomic mass is 9.90. The lowest BCUT2D eigenvalue weighted by Crippen LogP contribution is -2.51. The van der Waals surface area contributed by atoms with Gasteiger partial charge in [0, 0.05) is 100 Å². The van der Waals surface area contributed by atoms with Crippen molar-refractivity contribution in [3.05, 3.63) is 89.2 Å². The minimum absolute atomic E-state index is 0.0810. The Morgan fingerprint density at radius 3 is 2.54 bits per heavy atom. The van der Waals surface area contributed by atoms with Gasteiger partial charge in [0.05, 0.1) is 29.9 Å². The van der Waals surface area contributed by atoms with Crippen molar-refractivity contribution in [3.63, 3.8) is 0 Å². The number of hydrogen-bond donors (Lipinski definition) is 3. The second-order valence-electron chi connectivity index (χ2n) is 16.9. The summed E-state index contributed by atoms with van der Waals surface area (Å²) >= 11 is 0. The van der Waals surface area contributed by atoms with Gasteiger partial charge in [-0.2, -0.15) is 0 Å². The minimum Gasteiger partial charge on any atom is -0.507 e. The van der Waals surface area contributed by atoms with Crippen molar-refractivity contribution in [2.75, 3.05) is 74.5 Å². The largest absolute Gasteiger partial charge is 0.507 e. The van der Waals surface area contributed by atoms with E-state index in [9.17, 15) is 19.5 Å². The molecule has 61 heavy (non-hydrogen) atoms. The number of para-hydroxylation sites is 1. The number of benzene rings is 2. The predicted octanol–water partition coefficient (Wildman–Crippen LogP) is 5.70. The molecule has 3 aromatic heterocycles. The van der Waals surface area contributed by atoms with E-state index < -0.39 is 11.7 Å². The quantitative estimate of drug-likeness (QED) is 0.175. The van der Waals surface area contributed by atoms with Gasteiger partial charge in [-0.05, 0) is 79.8 Å². The number of pyridine rings is 1. The molecule has 0 radical (unpaired) electrons. The van der Waals surface area contributed by atoms with Crippen LogP contribution in [0.1, 0.15) is 71.3 Å². The molecule has 4 aliphatic heterocycles.